The van der Waals surface area contributed by atoms with Crippen LogP contribution >= 0.6 is 0 Å². The van der Waals surface area contributed by atoms with Gasteiger partial charge in [0.25, 0.3) is 0 Å². The lowest BCUT2D eigenvalue weighted by atomic mass is 9.86. The van der Waals surface area contributed by atoms with Gasteiger partial charge in [-0.15, -0.1) is 0 Å². The van der Waals surface area contributed by atoms with E-state index in [9.17, 15) is 4.79 Å². The molecule has 3 aliphatic rings. The van der Waals surface area contributed by atoms with E-state index in [0.717, 1.165) is 32.1 Å². The van der Waals surface area contributed by atoms with E-state index >= 15 is 0 Å². The quantitative estimate of drug-likeness (QED) is 0.705. The molecule has 2 heterocycles. The Hall–Kier alpha value is -0.650. The molecule has 5 heteroatoms. The number of amides is 1. The van der Waals surface area contributed by atoms with Crippen LogP contribution in [0.25, 0.3) is 0 Å². The van der Waals surface area contributed by atoms with Crippen LogP contribution in [-0.2, 0) is 9.53 Å². The molecule has 3 fully saturated rings. The average Bonchev–Trinajstić information content (AvgIpc) is 3.12. The van der Waals surface area contributed by atoms with Gasteiger partial charge in [-0.1, -0.05) is 0 Å². The molecule has 3 rings (SSSR count). The van der Waals surface area contributed by atoms with Crippen molar-refractivity contribution in [3.8, 4) is 0 Å². The molecule has 17 heavy (non-hydrogen) atoms. The molecular weight excluding hydrogens is 218 g/mol. The topological polar surface area (TPSA) is 58.8 Å². The molecule has 2 aliphatic heterocycles. The maximum absolute atomic E-state index is 12.0. The fourth-order valence-corrected chi connectivity index (χ4v) is 2.92. The predicted molar refractivity (Wildman–Crippen MR) is 63.5 cm³/mol. The molecule has 0 radical (unpaired) electrons. The van der Waals surface area contributed by atoms with Gasteiger partial charge in [-0.05, 0) is 18.8 Å². The number of nitrogens with two attached hydrogens (primary N) is 1. The standard InChI is InChI=1S/C12H21N3O2/c13-12(10-1-2-10)8-14(9-12)7-11(16)15-3-5-17-6-4-15/h10H,1-9,13H2. The van der Waals surface area contributed by atoms with Crippen LogP contribution in [0.1, 0.15) is 12.8 Å². The van der Waals surface area contributed by atoms with Crippen molar-refractivity contribution in [2.75, 3.05) is 45.9 Å². The summed E-state index contributed by atoms with van der Waals surface area (Å²) in [7, 11) is 0. The van der Waals surface area contributed by atoms with Crippen LogP contribution < -0.4 is 5.73 Å². The summed E-state index contributed by atoms with van der Waals surface area (Å²) >= 11 is 0. The van der Waals surface area contributed by atoms with Crippen molar-refractivity contribution in [1.82, 2.24) is 9.80 Å². The largest absolute Gasteiger partial charge is 0.378 e. The zero-order valence-electron chi connectivity index (χ0n) is 10.2. The number of nitrogens with zero attached hydrogens (tertiary/aromatic N) is 2. The number of carbonyl (C=O) groups excluding carboxylic acids is 1. The van der Waals surface area contributed by atoms with Crippen LogP contribution in [0.2, 0.25) is 0 Å². The molecule has 2 N–H and O–H groups in total. The van der Waals surface area contributed by atoms with Gasteiger partial charge >= 0.3 is 0 Å². The van der Waals surface area contributed by atoms with E-state index in [1.165, 1.54) is 12.8 Å². The minimum Gasteiger partial charge on any atom is -0.378 e. The summed E-state index contributed by atoms with van der Waals surface area (Å²) in [4.78, 5) is 16.1. The third-order valence-electron chi connectivity index (χ3n) is 4.15. The van der Waals surface area contributed by atoms with E-state index in [2.05, 4.69) is 4.90 Å². The van der Waals surface area contributed by atoms with Crippen LogP contribution in [0, 0.1) is 5.92 Å². The summed E-state index contributed by atoms with van der Waals surface area (Å²) < 4.78 is 5.24. The second-order valence-electron chi connectivity index (χ2n) is 5.65. The number of ether oxygens (including phenoxy) is 1. The maximum atomic E-state index is 12.0. The van der Waals surface area contributed by atoms with E-state index in [-0.39, 0.29) is 11.4 Å². The molecule has 0 aromatic carbocycles. The van der Waals surface area contributed by atoms with Crippen molar-refractivity contribution < 1.29 is 9.53 Å². The highest BCUT2D eigenvalue weighted by Crippen LogP contribution is 2.42. The fourth-order valence-electron chi connectivity index (χ4n) is 2.92. The molecule has 0 aromatic heterocycles. The molecule has 5 nitrogen and oxygen atoms in total. The Morgan fingerprint density at radius 1 is 1.29 bits per heavy atom. The number of morpholine rings is 1. The first kappa shape index (κ1) is 11.4. The van der Waals surface area contributed by atoms with E-state index < -0.39 is 0 Å². The molecule has 0 spiro atoms. The van der Waals surface area contributed by atoms with Gasteiger partial charge < -0.3 is 15.4 Å². The van der Waals surface area contributed by atoms with Gasteiger partial charge in [0.2, 0.25) is 5.91 Å². The first-order valence-electron chi connectivity index (χ1n) is 6.54. The predicted octanol–water partition coefficient (Wildman–Crippen LogP) is -0.732. The number of carbonyl (C=O) groups is 1. The van der Waals surface area contributed by atoms with Crippen LogP contribution in [-0.4, -0.2) is 67.2 Å². The second-order valence-corrected chi connectivity index (χ2v) is 5.65. The molecule has 1 amide bonds. The van der Waals surface area contributed by atoms with Crippen LogP contribution in [0.3, 0.4) is 0 Å². The molecule has 1 aliphatic carbocycles. The van der Waals surface area contributed by atoms with Gasteiger partial charge in [0.05, 0.1) is 19.8 Å². The Bertz CT molecular complexity index is 305. The zero-order valence-corrected chi connectivity index (χ0v) is 10.2. The number of rotatable bonds is 3. The smallest absolute Gasteiger partial charge is 0.236 e. The van der Waals surface area contributed by atoms with Crippen molar-refractivity contribution in [3.63, 3.8) is 0 Å². The Morgan fingerprint density at radius 2 is 1.94 bits per heavy atom. The minimum absolute atomic E-state index is 0.0191. The summed E-state index contributed by atoms with van der Waals surface area (Å²) in [6.45, 7) is 5.16. The van der Waals surface area contributed by atoms with Crippen LogP contribution in [0.5, 0.6) is 0 Å². The molecule has 1 saturated carbocycles. The van der Waals surface area contributed by atoms with Crippen LogP contribution in [0.15, 0.2) is 0 Å². The zero-order chi connectivity index (χ0) is 11.9. The summed E-state index contributed by atoms with van der Waals surface area (Å²) in [6, 6.07) is 0. The highest BCUT2D eigenvalue weighted by atomic mass is 16.5. The lowest BCUT2D eigenvalue weighted by molar-refractivity contribution is -0.138. The maximum Gasteiger partial charge on any atom is 0.236 e. The monoisotopic (exact) mass is 239 g/mol. The molecule has 0 aromatic rings. The number of hydrogen-bond acceptors (Lipinski definition) is 4. The fraction of sp³-hybridized carbons (Fsp3) is 0.917. The van der Waals surface area contributed by atoms with Crippen molar-refractivity contribution in [2.45, 2.75) is 18.4 Å². The lowest BCUT2D eigenvalue weighted by Gasteiger charge is -2.48. The first-order chi connectivity index (χ1) is 8.17. The van der Waals surface area contributed by atoms with Gasteiger partial charge in [0, 0.05) is 31.7 Å². The van der Waals surface area contributed by atoms with Crippen molar-refractivity contribution in [3.05, 3.63) is 0 Å². The molecule has 96 valence electrons. The Labute approximate surface area is 102 Å². The molecular formula is C12H21N3O2. The van der Waals surface area contributed by atoms with Gasteiger partial charge in [-0.2, -0.15) is 0 Å². The Balaban J connectivity index is 1.43. The molecule has 0 bridgehead atoms. The summed E-state index contributed by atoms with van der Waals surface area (Å²) in [5.74, 6) is 0.948. The third kappa shape index (κ3) is 2.32. The minimum atomic E-state index is 0.0191. The highest BCUT2D eigenvalue weighted by Gasteiger charge is 2.50. The van der Waals surface area contributed by atoms with E-state index in [0.29, 0.717) is 19.8 Å². The normalized spacial score (nSPS) is 28.9. The van der Waals surface area contributed by atoms with Crippen molar-refractivity contribution in [2.24, 2.45) is 11.7 Å². The second kappa shape index (κ2) is 4.23. The summed E-state index contributed by atoms with van der Waals surface area (Å²) in [6.07, 6.45) is 2.56. The average molecular weight is 239 g/mol. The summed E-state index contributed by atoms with van der Waals surface area (Å²) in [5.41, 5.74) is 6.29. The van der Waals surface area contributed by atoms with Crippen molar-refractivity contribution in [1.29, 1.82) is 0 Å². The molecule has 2 saturated heterocycles. The molecule has 0 atom stereocenters. The number of likely N-dealkylation sites (tertiary alicyclic amines) is 1. The SMILES string of the molecule is NC1(C2CC2)CN(CC(=O)N2CCOCC2)C1. The van der Waals surface area contributed by atoms with Crippen LogP contribution in [0.4, 0.5) is 0 Å². The highest BCUT2D eigenvalue weighted by molar-refractivity contribution is 5.78. The van der Waals surface area contributed by atoms with E-state index in [1.807, 2.05) is 4.90 Å². The van der Waals surface area contributed by atoms with E-state index in [4.69, 9.17) is 10.5 Å². The first-order valence-corrected chi connectivity index (χ1v) is 6.54. The van der Waals surface area contributed by atoms with Crippen molar-refractivity contribution >= 4 is 5.91 Å². The molecule has 0 unspecified atom stereocenters. The lowest BCUT2D eigenvalue weighted by Crippen LogP contribution is -2.69. The van der Waals surface area contributed by atoms with Gasteiger partial charge in [-0.3, -0.25) is 9.69 Å². The number of hydrogen-bond donors (Lipinski definition) is 1. The summed E-state index contributed by atoms with van der Waals surface area (Å²) in [5, 5.41) is 0. The Kier molecular flexibility index (Phi) is 2.84. The third-order valence-corrected chi connectivity index (χ3v) is 4.15. The Morgan fingerprint density at radius 3 is 2.53 bits per heavy atom. The van der Waals surface area contributed by atoms with Gasteiger partial charge in [0.15, 0.2) is 0 Å². The van der Waals surface area contributed by atoms with Gasteiger partial charge in [-0.25, -0.2) is 0 Å². The van der Waals surface area contributed by atoms with E-state index in [1.54, 1.807) is 0 Å². The van der Waals surface area contributed by atoms with Gasteiger partial charge in [0.1, 0.15) is 0 Å².